The summed E-state index contributed by atoms with van der Waals surface area (Å²) in [5.74, 6) is 0. The van der Waals surface area contributed by atoms with E-state index in [2.05, 4.69) is 134 Å². The van der Waals surface area contributed by atoms with Crippen molar-refractivity contribution in [3.05, 3.63) is 133 Å². The summed E-state index contributed by atoms with van der Waals surface area (Å²) < 4.78 is 0. The van der Waals surface area contributed by atoms with Gasteiger partial charge in [-0.05, 0) is 95.9 Å². The van der Waals surface area contributed by atoms with Gasteiger partial charge >= 0.3 is 0 Å². The molecule has 0 bridgehead atoms. The maximum absolute atomic E-state index is 2.38. The van der Waals surface area contributed by atoms with Gasteiger partial charge < -0.3 is 0 Å². The molecule has 0 aliphatic carbocycles. The average Bonchev–Trinajstić information content (AvgIpc) is 2.98. The van der Waals surface area contributed by atoms with Crippen LogP contribution in [0, 0.1) is 0 Å². The second-order valence-electron chi connectivity index (χ2n) is 10.4. The van der Waals surface area contributed by atoms with E-state index in [9.17, 15) is 0 Å². The van der Waals surface area contributed by atoms with Gasteiger partial charge in [0, 0.05) is 0 Å². The zero-order valence-corrected chi connectivity index (χ0v) is 21.7. The highest BCUT2D eigenvalue weighted by atomic mass is 14.2. The molecule has 0 fully saturated rings. The smallest absolute Gasteiger partial charge is 0.00234 e. The maximum Gasteiger partial charge on any atom is -0.00234 e. The van der Waals surface area contributed by atoms with Gasteiger partial charge in [-0.15, -0.1) is 0 Å². The quantitative estimate of drug-likeness (QED) is 0.212. The molecule has 0 radical (unpaired) electrons. The topological polar surface area (TPSA) is 0 Å². The molecule has 7 aromatic carbocycles. The number of rotatable bonds is 5. The van der Waals surface area contributed by atoms with Crippen molar-refractivity contribution < 1.29 is 0 Å². The molecule has 0 atom stereocenters. The number of unbranched alkanes of at least 4 members (excludes halogenated alkanes) is 1. The second-order valence-corrected chi connectivity index (χ2v) is 10.4. The summed E-state index contributed by atoms with van der Waals surface area (Å²) in [6.45, 7) is 2.28. The second kappa shape index (κ2) is 9.47. The fourth-order valence-corrected chi connectivity index (χ4v) is 6.18. The summed E-state index contributed by atoms with van der Waals surface area (Å²) in [5, 5.41) is 10.5. The lowest BCUT2D eigenvalue weighted by atomic mass is 9.83. The Morgan fingerprint density at radius 3 is 1.61 bits per heavy atom. The van der Waals surface area contributed by atoms with Crippen LogP contribution in [0.3, 0.4) is 0 Å². The predicted molar refractivity (Wildman–Crippen MR) is 166 cm³/mol. The third-order valence-electron chi connectivity index (χ3n) is 8.01. The monoisotopic (exact) mass is 486 g/mol. The van der Waals surface area contributed by atoms with Crippen LogP contribution in [-0.2, 0) is 6.42 Å². The Kier molecular flexibility index (Phi) is 5.67. The lowest BCUT2D eigenvalue weighted by Crippen LogP contribution is -1.95. The van der Waals surface area contributed by atoms with Gasteiger partial charge in [0.05, 0.1) is 0 Å². The molecule has 182 valence electrons. The third kappa shape index (κ3) is 3.76. The van der Waals surface area contributed by atoms with E-state index in [-0.39, 0.29) is 0 Å². The minimum Gasteiger partial charge on any atom is -0.0654 e. The lowest BCUT2D eigenvalue weighted by Gasteiger charge is -2.20. The zero-order chi connectivity index (χ0) is 25.5. The van der Waals surface area contributed by atoms with Crippen molar-refractivity contribution >= 4 is 43.1 Å². The van der Waals surface area contributed by atoms with Crippen molar-refractivity contribution in [2.75, 3.05) is 0 Å². The van der Waals surface area contributed by atoms with E-state index in [1.54, 1.807) is 0 Å². The molecule has 0 nitrogen and oxygen atoms in total. The normalized spacial score (nSPS) is 11.6. The van der Waals surface area contributed by atoms with Crippen LogP contribution in [0.2, 0.25) is 0 Å². The molecule has 0 aliphatic heterocycles. The SMILES string of the molecule is CCCCc1cccc2c(-c3ccc4ccccc4c3)c3ccccc3c(-c3ccc4ccccc4c3)c12. The van der Waals surface area contributed by atoms with Gasteiger partial charge in [0.25, 0.3) is 0 Å². The fraction of sp³-hybridized carbons (Fsp3) is 0.105. The minimum absolute atomic E-state index is 1.09. The van der Waals surface area contributed by atoms with E-state index in [1.807, 2.05) is 0 Å². The van der Waals surface area contributed by atoms with Gasteiger partial charge in [0.15, 0.2) is 0 Å². The van der Waals surface area contributed by atoms with Crippen LogP contribution >= 0.6 is 0 Å². The van der Waals surface area contributed by atoms with E-state index in [4.69, 9.17) is 0 Å². The molecular weight excluding hydrogens is 456 g/mol. The van der Waals surface area contributed by atoms with Crippen LogP contribution in [0.1, 0.15) is 25.3 Å². The molecule has 0 saturated heterocycles. The summed E-state index contributed by atoms with van der Waals surface area (Å²) in [4.78, 5) is 0. The predicted octanol–water partition coefficient (Wildman–Crippen LogP) is 11.0. The molecule has 0 aliphatic rings. The summed E-state index contributed by atoms with van der Waals surface area (Å²) >= 11 is 0. The Hall–Kier alpha value is -4.42. The van der Waals surface area contributed by atoms with Gasteiger partial charge in [-0.3, -0.25) is 0 Å². The summed E-state index contributed by atoms with van der Waals surface area (Å²) in [5.41, 5.74) is 6.71. The highest BCUT2D eigenvalue weighted by Crippen LogP contribution is 2.45. The van der Waals surface area contributed by atoms with E-state index in [0.29, 0.717) is 0 Å². The van der Waals surface area contributed by atoms with Crippen molar-refractivity contribution in [1.29, 1.82) is 0 Å². The van der Waals surface area contributed by atoms with E-state index < -0.39 is 0 Å². The lowest BCUT2D eigenvalue weighted by molar-refractivity contribution is 0.799. The zero-order valence-electron chi connectivity index (χ0n) is 21.7. The third-order valence-corrected chi connectivity index (χ3v) is 8.01. The van der Waals surface area contributed by atoms with Crippen molar-refractivity contribution in [3.8, 4) is 22.3 Å². The first kappa shape index (κ1) is 22.8. The van der Waals surface area contributed by atoms with E-state index >= 15 is 0 Å². The Morgan fingerprint density at radius 2 is 0.974 bits per heavy atom. The molecule has 7 rings (SSSR count). The molecular formula is C38H30. The van der Waals surface area contributed by atoms with Gasteiger partial charge in [-0.2, -0.15) is 0 Å². The Balaban J connectivity index is 1.63. The molecule has 0 N–H and O–H groups in total. The van der Waals surface area contributed by atoms with Crippen LogP contribution in [0.4, 0.5) is 0 Å². The number of hydrogen-bond donors (Lipinski definition) is 0. The summed E-state index contributed by atoms with van der Waals surface area (Å²) in [6, 6.07) is 47.2. The Morgan fingerprint density at radius 1 is 0.447 bits per heavy atom. The number of hydrogen-bond acceptors (Lipinski definition) is 0. The van der Waals surface area contributed by atoms with Crippen molar-refractivity contribution in [2.24, 2.45) is 0 Å². The molecule has 0 aromatic heterocycles. The molecule has 0 spiro atoms. The van der Waals surface area contributed by atoms with Crippen LogP contribution in [0.15, 0.2) is 127 Å². The molecule has 0 amide bonds. The van der Waals surface area contributed by atoms with E-state index in [1.165, 1.54) is 83.7 Å². The summed E-state index contributed by atoms with van der Waals surface area (Å²) in [7, 11) is 0. The molecule has 0 unspecified atom stereocenters. The largest absolute Gasteiger partial charge is 0.0654 e. The molecule has 0 heterocycles. The van der Waals surface area contributed by atoms with Gasteiger partial charge in [-0.1, -0.05) is 129 Å². The first-order valence-electron chi connectivity index (χ1n) is 13.8. The van der Waals surface area contributed by atoms with Gasteiger partial charge in [0.2, 0.25) is 0 Å². The average molecular weight is 487 g/mol. The van der Waals surface area contributed by atoms with Crippen LogP contribution < -0.4 is 0 Å². The first-order chi connectivity index (χ1) is 18.8. The number of benzene rings is 7. The highest BCUT2D eigenvalue weighted by molar-refractivity contribution is 6.22. The fourth-order valence-electron chi connectivity index (χ4n) is 6.18. The Bertz CT molecular complexity index is 1960. The van der Waals surface area contributed by atoms with Crippen molar-refractivity contribution in [2.45, 2.75) is 26.2 Å². The summed E-state index contributed by atoms with van der Waals surface area (Å²) in [6.07, 6.45) is 3.46. The van der Waals surface area contributed by atoms with Crippen molar-refractivity contribution in [1.82, 2.24) is 0 Å². The van der Waals surface area contributed by atoms with Gasteiger partial charge in [0.1, 0.15) is 0 Å². The highest BCUT2D eigenvalue weighted by Gasteiger charge is 2.19. The number of fused-ring (bicyclic) bond motifs is 4. The molecule has 0 saturated carbocycles. The minimum atomic E-state index is 1.09. The maximum atomic E-state index is 2.38. The molecule has 38 heavy (non-hydrogen) atoms. The van der Waals surface area contributed by atoms with Crippen LogP contribution in [0.25, 0.3) is 65.3 Å². The first-order valence-corrected chi connectivity index (χ1v) is 13.8. The van der Waals surface area contributed by atoms with Crippen molar-refractivity contribution in [3.63, 3.8) is 0 Å². The van der Waals surface area contributed by atoms with E-state index in [0.717, 1.165) is 6.42 Å². The van der Waals surface area contributed by atoms with Crippen LogP contribution in [-0.4, -0.2) is 0 Å². The molecule has 7 aromatic rings. The van der Waals surface area contributed by atoms with Crippen LogP contribution in [0.5, 0.6) is 0 Å². The molecule has 0 heteroatoms. The number of aryl methyl sites for hydroxylation is 1. The standard InChI is InChI=1S/C38H30/c1-2-3-11-28-16-10-19-35-36(31-22-20-26-12-4-6-14-29(26)24-31)33-17-8-9-18-34(33)38(37(28)35)32-23-21-27-13-5-7-15-30(27)25-32/h4-10,12-25H,2-3,11H2,1H3. The van der Waals surface area contributed by atoms with Gasteiger partial charge in [-0.25, -0.2) is 0 Å². The Labute approximate surface area is 224 Å².